The van der Waals surface area contributed by atoms with Crippen molar-refractivity contribution in [2.75, 3.05) is 6.54 Å². The second-order valence-corrected chi connectivity index (χ2v) is 9.76. The molecule has 0 bridgehead atoms. The molecule has 0 unspecified atom stereocenters. The molecule has 0 saturated heterocycles. The number of esters is 1. The fourth-order valence-electron chi connectivity index (χ4n) is 4.26. The Balaban J connectivity index is 0.00000529. The quantitative estimate of drug-likeness (QED) is 0.0807. The van der Waals surface area contributed by atoms with Crippen LogP contribution in [0.25, 0.3) is 10.9 Å². The zero-order chi connectivity index (χ0) is 31.1. The Labute approximate surface area is 257 Å². The van der Waals surface area contributed by atoms with Gasteiger partial charge in [-0.15, -0.1) is 0 Å². The first-order valence-electron chi connectivity index (χ1n) is 12.8. The van der Waals surface area contributed by atoms with E-state index in [1.165, 1.54) is 30.3 Å². The number of rotatable bonds is 11. The van der Waals surface area contributed by atoms with Crippen LogP contribution in [0.4, 0.5) is 5.69 Å². The number of nitrogens with two attached hydrogens (primary N) is 2. The number of carbonyl (C=O) groups excluding carboxylic acids is 2. The number of guanidine groups is 1. The van der Waals surface area contributed by atoms with Gasteiger partial charge in [-0.1, -0.05) is 43.3 Å². The van der Waals surface area contributed by atoms with E-state index in [0.29, 0.717) is 22.2 Å². The van der Waals surface area contributed by atoms with E-state index in [1.54, 1.807) is 42.5 Å². The van der Waals surface area contributed by atoms with Crippen molar-refractivity contribution < 1.29 is 34.1 Å². The number of carboxylic acid groups (broad SMARTS) is 2. The van der Waals surface area contributed by atoms with E-state index in [1.807, 2.05) is 0 Å². The first-order chi connectivity index (χ1) is 20.5. The van der Waals surface area contributed by atoms with Crippen molar-refractivity contribution in [2.24, 2.45) is 16.5 Å². The normalized spacial score (nSPS) is 10.4. The number of fused-ring (bicyclic) bond motifs is 1. The van der Waals surface area contributed by atoms with E-state index < -0.39 is 30.4 Å². The van der Waals surface area contributed by atoms with Gasteiger partial charge in [0.2, 0.25) is 5.91 Å². The molecular formula is C31H30ClN5O7. The molecule has 1 amide bonds. The predicted molar refractivity (Wildman–Crippen MR) is 165 cm³/mol. The van der Waals surface area contributed by atoms with Crippen molar-refractivity contribution in [1.82, 2.24) is 9.88 Å². The molecule has 1 heterocycles. The lowest BCUT2D eigenvalue weighted by Crippen LogP contribution is -2.35. The molecule has 44 heavy (non-hydrogen) atoms. The van der Waals surface area contributed by atoms with Crippen LogP contribution in [0.5, 0.6) is 5.75 Å². The van der Waals surface area contributed by atoms with Crippen LogP contribution in [-0.4, -0.2) is 56.4 Å². The summed E-state index contributed by atoms with van der Waals surface area (Å²) in [5, 5.41) is 19.7. The Hall–Kier alpha value is -5.49. The summed E-state index contributed by atoms with van der Waals surface area (Å²) < 4.78 is 5.39. The number of aryl methyl sites for hydroxylation is 1. The van der Waals surface area contributed by atoms with Gasteiger partial charge in [0.05, 0.1) is 34.6 Å². The number of amides is 1. The van der Waals surface area contributed by atoms with Crippen molar-refractivity contribution in [2.45, 2.75) is 26.8 Å². The number of hydrogen-bond donors (Lipinski definition) is 4. The molecule has 0 atom stereocenters. The van der Waals surface area contributed by atoms with Crippen molar-refractivity contribution in [3.05, 3.63) is 100 Å². The van der Waals surface area contributed by atoms with Crippen LogP contribution in [-0.2, 0) is 22.6 Å². The highest BCUT2D eigenvalue weighted by Crippen LogP contribution is 2.25. The smallest absolute Gasteiger partial charge is 0.343 e. The molecule has 0 fully saturated rings. The molecule has 0 radical (unpaired) electrons. The van der Waals surface area contributed by atoms with Crippen molar-refractivity contribution >= 4 is 58.0 Å². The Bertz CT molecular complexity index is 1740. The molecule has 1 aromatic heterocycles. The molecule has 13 heteroatoms. The molecular weight excluding hydrogens is 590 g/mol. The summed E-state index contributed by atoms with van der Waals surface area (Å²) in [5.74, 6) is -3.46. The first kappa shape index (κ1) is 33.0. The lowest BCUT2D eigenvalue weighted by molar-refractivity contribution is -0.144. The number of aromatic carboxylic acids is 1. The maximum absolute atomic E-state index is 13.1. The number of nitrogens with zero attached hydrogens (tertiary/aromatic N) is 3. The van der Waals surface area contributed by atoms with Crippen LogP contribution in [0, 0.1) is 0 Å². The third kappa shape index (κ3) is 8.52. The summed E-state index contributed by atoms with van der Waals surface area (Å²) in [6.45, 7) is -0.808. The number of para-hydroxylation sites is 1. The zero-order valence-electron chi connectivity index (χ0n) is 22.6. The number of carbonyl (C=O) groups is 4. The highest BCUT2D eigenvalue weighted by Gasteiger charge is 2.20. The number of aromatic nitrogens is 1. The van der Waals surface area contributed by atoms with Gasteiger partial charge in [-0.05, 0) is 60.5 Å². The Morgan fingerprint density at radius 3 is 2.30 bits per heavy atom. The lowest BCUT2D eigenvalue weighted by atomic mass is 10.1. The number of carboxylic acids is 2. The molecule has 228 valence electrons. The highest BCUT2D eigenvalue weighted by atomic mass is 35.5. The number of benzene rings is 3. The second-order valence-electron chi connectivity index (χ2n) is 9.35. The van der Waals surface area contributed by atoms with E-state index in [0.717, 1.165) is 4.90 Å². The summed E-state index contributed by atoms with van der Waals surface area (Å²) in [6, 6.07) is 18.7. The zero-order valence-corrected chi connectivity index (χ0v) is 23.3. The van der Waals surface area contributed by atoms with E-state index in [9.17, 15) is 29.4 Å². The van der Waals surface area contributed by atoms with Crippen LogP contribution in [0.3, 0.4) is 0 Å². The topological polar surface area (TPSA) is 198 Å². The number of halogens is 1. The molecule has 0 aliphatic carbocycles. The SMILES string of the molecule is C.NC(N)=Nc1ccc(C(=O)Oc2ccc(CCC(=O)N(CC(=O)O)Cc3cc(C(=O)O)c4ccccc4n3)c(Cl)c2)cc1. The third-order valence-corrected chi connectivity index (χ3v) is 6.59. The van der Waals surface area contributed by atoms with Gasteiger partial charge >= 0.3 is 17.9 Å². The van der Waals surface area contributed by atoms with Crippen molar-refractivity contribution in [1.29, 1.82) is 0 Å². The number of pyridine rings is 1. The number of ether oxygens (including phenoxy) is 1. The van der Waals surface area contributed by atoms with Gasteiger partial charge in [0.25, 0.3) is 0 Å². The molecule has 4 rings (SSSR count). The average molecular weight is 620 g/mol. The highest BCUT2D eigenvalue weighted by molar-refractivity contribution is 6.31. The Morgan fingerprint density at radius 2 is 1.66 bits per heavy atom. The lowest BCUT2D eigenvalue weighted by Gasteiger charge is -2.21. The summed E-state index contributed by atoms with van der Waals surface area (Å²) in [4.78, 5) is 58.3. The molecule has 0 aliphatic heterocycles. The summed E-state index contributed by atoms with van der Waals surface area (Å²) in [5.41, 5.74) is 12.6. The summed E-state index contributed by atoms with van der Waals surface area (Å²) >= 11 is 6.39. The van der Waals surface area contributed by atoms with Crippen molar-refractivity contribution in [3.8, 4) is 5.75 Å². The van der Waals surface area contributed by atoms with Gasteiger partial charge in [0, 0.05) is 16.8 Å². The van der Waals surface area contributed by atoms with Crippen molar-refractivity contribution in [3.63, 3.8) is 0 Å². The fourth-order valence-corrected chi connectivity index (χ4v) is 4.53. The predicted octanol–water partition coefficient (Wildman–Crippen LogP) is 4.39. The van der Waals surface area contributed by atoms with Gasteiger partial charge in [0.1, 0.15) is 12.3 Å². The van der Waals surface area contributed by atoms with E-state index in [-0.39, 0.29) is 60.4 Å². The minimum absolute atomic E-state index is 0. The molecule has 0 saturated carbocycles. The largest absolute Gasteiger partial charge is 0.480 e. The first-order valence-corrected chi connectivity index (χ1v) is 13.2. The van der Waals surface area contributed by atoms with Crippen LogP contribution in [0.15, 0.2) is 77.8 Å². The van der Waals surface area contributed by atoms with Gasteiger partial charge in [-0.3, -0.25) is 14.6 Å². The van der Waals surface area contributed by atoms with Gasteiger partial charge < -0.3 is 31.3 Å². The Morgan fingerprint density at radius 1 is 0.955 bits per heavy atom. The van der Waals surface area contributed by atoms with Crippen LogP contribution in [0.1, 0.15) is 45.8 Å². The number of hydrogen-bond acceptors (Lipinski definition) is 7. The van der Waals surface area contributed by atoms with Crippen LogP contribution >= 0.6 is 11.6 Å². The maximum Gasteiger partial charge on any atom is 0.343 e. The fraction of sp³-hybridized carbons (Fsp3) is 0.161. The third-order valence-electron chi connectivity index (χ3n) is 6.24. The number of aliphatic imine (C=N–C) groups is 1. The van der Waals surface area contributed by atoms with E-state index >= 15 is 0 Å². The monoisotopic (exact) mass is 619 g/mol. The molecule has 4 aromatic rings. The average Bonchev–Trinajstić information content (AvgIpc) is 2.95. The van der Waals surface area contributed by atoms with E-state index in [4.69, 9.17) is 27.8 Å². The van der Waals surface area contributed by atoms with Gasteiger partial charge in [0.15, 0.2) is 5.96 Å². The maximum atomic E-state index is 13.1. The molecule has 12 nitrogen and oxygen atoms in total. The number of aliphatic carboxylic acids is 1. The second kappa shape index (κ2) is 14.6. The van der Waals surface area contributed by atoms with Gasteiger partial charge in [-0.25, -0.2) is 14.6 Å². The molecule has 3 aromatic carbocycles. The summed E-state index contributed by atoms with van der Waals surface area (Å²) in [6.07, 6.45) is 0.0768. The molecule has 0 aliphatic rings. The van der Waals surface area contributed by atoms with Crippen LogP contribution in [0.2, 0.25) is 5.02 Å². The van der Waals surface area contributed by atoms with E-state index in [2.05, 4.69) is 9.98 Å². The standard InChI is InChI=1S/C30H26ClN5O7.CH4/c31-24-14-21(43-29(42)18-5-9-19(10-6-18)35-30(32)33)11-7-17(24)8-12-26(37)36(16-27(38)39)15-20-13-23(28(40)41)22-3-1-2-4-25(22)34-20;/h1-7,9-11,13-14H,8,12,15-16H2,(H,38,39)(H,40,41)(H4,32,33,35);1H4. The molecule has 6 N–H and O–H groups in total. The van der Waals surface area contributed by atoms with Crippen LogP contribution < -0.4 is 16.2 Å². The minimum atomic E-state index is -1.23. The van der Waals surface area contributed by atoms with Gasteiger partial charge in [-0.2, -0.15) is 0 Å². The minimum Gasteiger partial charge on any atom is -0.480 e. The molecule has 0 spiro atoms. The Kier molecular flexibility index (Phi) is 11.0. The summed E-state index contributed by atoms with van der Waals surface area (Å²) in [7, 11) is 0.